The van der Waals surface area contributed by atoms with Gasteiger partial charge in [-0.3, -0.25) is 4.90 Å². The molecule has 1 aliphatic carbocycles. The third kappa shape index (κ3) is 4.42. The van der Waals surface area contributed by atoms with Crippen LogP contribution in [0.1, 0.15) is 64.7 Å². The molecule has 1 rings (SSSR count). The number of rotatable bonds is 6. The van der Waals surface area contributed by atoms with Gasteiger partial charge in [-0.05, 0) is 26.3 Å². The number of likely N-dealkylation sites (N-methyl/N-ethyl adjacent to an activating group) is 1. The Bertz CT molecular complexity index is 162. The molecule has 2 nitrogen and oxygen atoms in total. The second-order valence-corrected chi connectivity index (χ2v) is 5.34. The zero-order valence-electron chi connectivity index (χ0n) is 11.3. The Kier molecular flexibility index (Phi) is 7.06. The summed E-state index contributed by atoms with van der Waals surface area (Å²) in [6.45, 7) is 3.09. The molecule has 0 spiro atoms. The third-order valence-electron chi connectivity index (χ3n) is 4.14. The van der Waals surface area contributed by atoms with Crippen molar-refractivity contribution in [3.63, 3.8) is 0 Å². The van der Waals surface area contributed by atoms with E-state index >= 15 is 0 Å². The van der Waals surface area contributed by atoms with E-state index in [9.17, 15) is 0 Å². The van der Waals surface area contributed by atoms with E-state index in [2.05, 4.69) is 18.9 Å². The molecule has 0 aromatic rings. The fourth-order valence-electron chi connectivity index (χ4n) is 2.89. The van der Waals surface area contributed by atoms with Crippen LogP contribution in [0.5, 0.6) is 0 Å². The number of nitrogens with two attached hydrogens (primary N) is 1. The number of hydrogen-bond acceptors (Lipinski definition) is 2. The molecule has 1 saturated carbocycles. The van der Waals surface area contributed by atoms with Crippen molar-refractivity contribution < 1.29 is 0 Å². The first-order valence-corrected chi connectivity index (χ1v) is 7.21. The van der Waals surface area contributed by atoms with E-state index in [0.29, 0.717) is 6.04 Å². The Morgan fingerprint density at radius 1 is 1.19 bits per heavy atom. The van der Waals surface area contributed by atoms with Gasteiger partial charge in [0.15, 0.2) is 0 Å². The zero-order chi connectivity index (χ0) is 11.8. The molecule has 0 aromatic carbocycles. The molecule has 1 atom stereocenters. The molecule has 0 saturated heterocycles. The molecule has 16 heavy (non-hydrogen) atoms. The van der Waals surface area contributed by atoms with Crippen molar-refractivity contribution in [1.82, 2.24) is 4.90 Å². The minimum absolute atomic E-state index is 0.614. The van der Waals surface area contributed by atoms with E-state index < -0.39 is 0 Å². The molecular formula is C14H30N2. The van der Waals surface area contributed by atoms with Crippen LogP contribution in [0.25, 0.3) is 0 Å². The van der Waals surface area contributed by atoms with Crippen LogP contribution in [0.4, 0.5) is 0 Å². The molecule has 0 bridgehead atoms. The van der Waals surface area contributed by atoms with Gasteiger partial charge in [-0.25, -0.2) is 0 Å². The summed E-state index contributed by atoms with van der Waals surface area (Å²) in [6, 6.07) is 1.41. The lowest BCUT2D eigenvalue weighted by Crippen LogP contribution is -2.44. The summed E-state index contributed by atoms with van der Waals surface area (Å²) < 4.78 is 0. The van der Waals surface area contributed by atoms with E-state index in [4.69, 9.17) is 5.73 Å². The molecule has 1 aliphatic rings. The Labute approximate surface area is 102 Å². The minimum Gasteiger partial charge on any atom is -0.329 e. The van der Waals surface area contributed by atoms with Gasteiger partial charge in [0.2, 0.25) is 0 Å². The Hall–Kier alpha value is -0.0800. The van der Waals surface area contributed by atoms with Gasteiger partial charge in [-0.15, -0.1) is 0 Å². The summed E-state index contributed by atoms with van der Waals surface area (Å²) in [5.74, 6) is 0. The van der Waals surface area contributed by atoms with Gasteiger partial charge in [0, 0.05) is 18.6 Å². The Morgan fingerprint density at radius 2 is 1.81 bits per heavy atom. The largest absolute Gasteiger partial charge is 0.329 e. The smallest absolute Gasteiger partial charge is 0.0218 e. The standard InChI is InChI=1S/C14H30N2/c1-3-4-9-14(12-15)16(2)13-10-7-5-6-8-11-13/h13-14H,3-12,15H2,1-2H3. The minimum atomic E-state index is 0.614. The average molecular weight is 226 g/mol. The number of nitrogens with zero attached hydrogens (tertiary/aromatic N) is 1. The van der Waals surface area contributed by atoms with Crippen molar-refractivity contribution in [3.8, 4) is 0 Å². The molecule has 0 radical (unpaired) electrons. The molecule has 2 N–H and O–H groups in total. The average Bonchev–Trinajstić information content (AvgIpc) is 2.58. The van der Waals surface area contributed by atoms with E-state index in [1.54, 1.807) is 0 Å². The summed E-state index contributed by atoms with van der Waals surface area (Å²) in [5, 5.41) is 0. The third-order valence-corrected chi connectivity index (χ3v) is 4.14. The fraction of sp³-hybridized carbons (Fsp3) is 1.00. The first kappa shape index (κ1) is 14.0. The lowest BCUT2D eigenvalue weighted by Gasteiger charge is -2.34. The van der Waals surface area contributed by atoms with Crippen molar-refractivity contribution in [3.05, 3.63) is 0 Å². The van der Waals surface area contributed by atoms with Gasteiger partial charge < -0.3 is 5.73 Å². The molecule has 0 heterocycles. The molecule has 0 amide bonds. The van der Waals surface area contributed by atoms with Gasteiger partial charge in [0.1, 0.15) is 0 Å². The quantitative estimate of drug-likeness (QED) is 0.705. The van der Waals surface area contributed by atoms with E-state index in [1.807, 2.05) is 0 Å². The highest BCUT2D eigenvalue weighted by Crippen LogP contribution is 2.23. The van der Waals surface area contributed by atoms with E-state index in [0.717, 1.165) is 12.6 Å². The summed E-state index contributed by atoms with van der Waals surface area (Å²) in [4.78, 5) is 2.58. The Morgan fingerprint density at radius 3 is 2.31 bits per heavy atom. The number of hydrogen-bond donors (Lipinski definition) is 1. The monoisotopic (exact) mass is 226 g/mol. The van der Waals surface area contributed by atoms with Crippen LogP contribution in [0, 0.1) is 0 Å². The van der Waals surface area contributed by atoms with Gasteiger partial charge in [0.25, 0.3) is 0 Å². The SMILES string of the molecule is CCCCC(CN)N(C)C1CCCCCC1. The first-order chi connectivity index (χ1) is 7.79. The lowest BCUT2D eigenvalue weighted by molar-refractivity contribution is 0.151. The zero-order valence-corrected chi connectivity index (χ0v) is 11.3. The molecular weight excluding hydrogens is 196 g/mol. The van der Waals surface area contributed by atoms with Gasteiger partial charge >= 0.3 is 0 Å². The van der Waals surface area contributed by atoms with Gasteiger partial charge in [0.05, 0.1) is 0 Å². The summed E-state index contributed by atoms with van der Waals surface area (Å²) in [7, 11) is 2.29. The second kappa shape index (κ2) is 8.08. The van der Waals surface area contributed by atoms with Crippen molar-refractivity contribution in [2.75, 3.05) is 13.6 Å². The van der Waals surface area contributed by atoms with Crippen molar-refractivity contribution >= 4 is 0 Å². The second-order valence-electron chi connectivity index (χ2n) is 5.34. The highest BCUT2D eigenvalue weighted by Gasteiger charge is 2.22. The maximum absolute atomic E-state index is 5.92. The highest BCUT2D eigenvalue weighted by molar-refractivity contribution is 4.79. The summed E-state index contributed by atoms with van der Waals surface area (Å²) >= 11 is 0. The summed E-state index contributed by atoms with van der Waals surface area (Å²) in [5.41, 5.74) is 5.92. The molecule has 1 fully saturated rings. The van der Waals surface area contributed by atoms with Crippen LogP contribution in [-0.2, 0) is 0 Å². The van der Waals surface area contributed by atoms with Crippen LogP contribution < -0.4 is 5.73 Å². The predicted octanol–water partition coefficient (Wildman–Crippen LogP) is 3.16. The first-order valence-electron chi connectivity index (χ1n) is 7.21. The lowest BCUT2D eigenvalue weighted by atomic mass is 10.0. The van der Waals surface area contributed by atoms with Crippen LogP contribution in [0.15, 0.2) is 0 Å². The van der Waals surface area contributed by atoms with Crippen LogP contribution in [0.3, 0.4) is 0 Å². The molecule has 2 heteroatoms. The van der Waals surface area contributed by atoms with E-state index in [1.165, 1.54) is 57.8 Å². The topological polar surface area (TPSA) is 29.3 Å². The summed E-state index contributed by atoms with van der Waals surface area (Å²) in [6.07, 6.45) is 12.4. The Balaban J connectivity index is 2.41. The fourth-order valence-corrected chi connectivity index (χ4v) is 2.89. The van der Waals surface area contributed by atoms with Crippen molar-refractivity contribution in [2.45, 2.75) is 76.8 Å². The van der Waals surface area contributed by atoms with E-state index in [-0.39, 0.29) is 0 Å². The van der Waals surface area contributed by atoms with Crippen molar-refractivity contribution in [2.24, 2.45) is 5.73 Å². The molecule has 0 aromatic heterocycles. The highest BCUT2D eigenvalue weighted by atomic mass is 15.2. The molecule has 96 valence electrons. The molecule has 0 aliphatic heterocycles. The van der Waals surface area contributed by atoms with Crippen LogP contribution >= 0.6 is 0 Å². The van der Waals surface area contributed by atoms with Crippen LogP contribution in [0.2, 0.25) is 0 Å². The van der Waals surface area contributed by atoms with Gasteiger partial charge in [-0.2, -0.15) is 0 Å². The number of unbranched alkanes of at least 4 members (excludes halogenated alkanes) is 1. The van der Waals surface area contributed by atoms with Crippen LogP contribution in [-0.4, -0.2) is 30.6 Å². The normalized spacial score (nSPS) is 21.0. The molecule has 1 unspecified atom stereocenters. The predicted molar refractivity (Wildman–Crippen MR) is 71.6 cm³/mol. The van der Waals surface area contributed by atoms with Gasteiger partial charge in [-0.1, -0.05) is 45.4 Å². The van der Waals surface area contributed by atoms with Crippen molar-refractivity contribution in [1.29, 1.82) is 0 Å². The maximum atomic E-state index is 5.92. The maximum Gasteiger partial charge on any atom is 0.0218 e.